The smallest absolute Gasteiger partial charge is 0.0791 e. The van der Waals surface area contributed by atoms with Crippen LogP contribution in [0, 0.1) is 6.92 Å². The Bertz CT molecular complexity index is 290. The fourth-order valence-corrected chi connectivity index (χ4v) is 1.57. The normalized spacial score (nSPS) is 18.6. The summed E-state index contributed by atoms with van der Waals surface area (Å²) in [6.07, 6.45) is 4.17. The molecule has 13 heavy (non-hydrogen) atoms. The van der Waals surface area contributed by atoms with Gasteiger partial charge in [-0.2, -0.15) is 0 Å². The van der Waals surface area contributed by atoms with Crippen LogP contribution in [-0.2, 0) is 10.3 Å². The monoisotopic (exact) mass is 178 g/mol. The molecule has 0 spiro atoms. The van der Waals surface area contributed by atoms with Crippen LogP contribution in [0.15, 0.2) is 18.3 Å². The molecule has 0 amide bonds. The van der Waals surface area contributed by atoms with Crippen molar-refractivity contribution in [2.45, 2.75) is 25.2 Å². The molecular weight excluding hydrogens is 164 g/mol. The first-order valence-corrected chi connectivity index (χ1v) is 4.52. The van der Waals surface area contributed by atoms with Crippen LogP contribution in [0.1, 0.15) is 24.1 Å². The van der Waals surface area contributed by atoms with Gasteiger partial charge in [0.05, 0.1) is 6.61 Å². The lowest BCUT2D eigenvalue weighted by molar-refractivity contribution is 0.115. The number of hydrogen-bond acceptors (Lipinski definition) is 3. The predicted molar refractivity (Wildman–Crippen MR) is 50.0 cm³/mol. The third-order valence-electron chi connectivity index (χ3n) is 2.67. The van der Waals surface area contributed by atoms with E-state index in [1.54, 1.807) is 0 Å². The second-order valence-electron chi connectivity index (χ2n) is 3.81. The molecule has 70 valence electrons. The van der Waals surface area contributed by atoms with Gasteiger partial charge in [-0.3, -0.25) is 4.98 Å². The van der Waals surface area contributed by atoms with Gasteiger partial charge < -0.3 is 4.84 Å². The maximum atomic E-state index is 5.09. The first kappa shape index (κ1) is 8.66. The topological polar surface area (TPSA) is 48.1 Å². The third kappa shape index (κ3) is 1.57. The highest BCUT2D eigenvalue weighted by Crippen LogP contribution is 2.47. The van der Waals surface area contributed by atoms with Crippen LogP contribution in [0.5, 0.6) is 0 Å². The van der Waals surface area contributed by atoms with Crippen molar-refractivity contribution in [2.75, 3.05) is 6.61 Å². The van der Waals surface area contributed by atoms with Crippen LogP contribution in [0.3, 0.4) is 0 Å². The lowest BCUT2D eigenvalue weighted by atomic mass is 10.0. The van der Waals surface area contributed by atoms with Gasteiger partial charge in [-0.25, -0.2) is 5.90 Å². The molecule has 2 N–H and O–H groups in total. The van der Waals surface area contributed by atoms with Crippen molar-refractivity contribution < 1.29 is 4.84 Å². The summed E-state index contributed by atoms with van der Waals surface area (Å²) in [5, 5.41) is 0. The van der Waals surface area contributed by atoms with Gasteiger partial charge in [0.25, 0.3) is 0 Å². The molecular formula is C10H14N2O. The summed E-state index contributed by atoms with van der Waals surface area (Å²) in [6.45, 7) is 2.62. The fraction of sp³-hybridized carbons (Fsp3) is 0.500. The van der Waals surface area contributed by atoms with E-state index < -0.39 is 0 Å². The molecule has 0 aliphatic heterocycles. The molecule has 0 saturated heterocycles. The van der Waals surface area contributed by atoms with Gasteiger partial charge in [0.1, 0.15) is 0 Å². The summed E-state index contributed by atoms with van der Waals surface area (Å²) >= 11 is 0. The molecule has 2 rings (SSSR count). The molecule has 1 aliphatic rings. The number of aryl methyl sites for hydroxylation is 1. The summed E-state index contributed by atoms with van der Waals surface area (Å²) in [5.41, 5.74) is 2.43. The Hall–Kier alpha value is -0.930. The van der Waals surface area contributed by atoms with Crippen molar-refractivity contribution >= 4 is 0 Å². The van der Waals surface area contributed by atoms with E-state index in [1.165, 1.54) is 5.56 Å². The van der Waals surface area contributed by atoms with Crippen LogP contribution in [0.2, 0.25) is 0 Å². The highest BCUT2D eigenvalue weighted by molar-refractivity contribution is 5.26. The molecule has 0 radical (unpaired) electrons. The van der Waals surface area contributed by atoms with E-state index in [4.69, 9.17) is 10.7 Å². The van der Waals surface area contributed by atoms with Gasteiger partial charge in [-0.05, 0) is 31.4 Å². The summed E-state index contributed by atoms with van der Waals surface area (Å²) in [4.78, 5) is 9.11. The van der Waals surface area contributed by atoms with Gasteiger partial charge >= 0.3 is 0 Å². The van der Waals surface area contributed by atoms with Gasteiger partial charge in [-0.15, -0.1) is 0 Å². The Labute approximate surface area is 77.9 Å². The second kappa shape index (κ2) is 3.09. The van der Waals surface area contributed by atoms with Crippen molar-refractivity contribution in [3.63, 3.8) is 0 Å². The zero-order chi connectivity index (χ0) is 9.31. The SMILES string of the molecule is Cc1ccc(C2(CON)CC2)nc1. The molecule has 0 bridgehead atoms. The Kier molecular flexibility index (Phi) is 2.06. The maximum Gasteiger partial charge on any atom is 0.0791 e. The number of aromatic nitrogens is 1. The Morgan fingerprint density at radius 2 is 2.31 bits per heavy atom. The first-order chi connectivity index (χ1) is 6.27. The first-order valence-electron chi connectivity index (χ1n) is 4.52. The summed E-state index contributed by atoms with van der Waals surface area (Å²) in [6, 6.07) is 4.15. The molecule has 3 nitrogen and oxygen atoms in total. The molecule has 1 aromatic heterocycles. The Morgan fingerprint density at radius 3 is 2.77 bits per heavy atom. The maximum absolute atomic E-state index is 5.09. The van der Waals surface area contributed by atoms with Crippen molar-refractivity contribution in [3.05, 3.63) is 29.6 Å². The zero-order valence-corrected chi connectivity index (χ0v) is 7.79. The van der Waals surface area contributed by atoms with Crippen LogP contribution < -0.4 is 5.90 Å². The summed E-state index contributed by atoms with van der Waals surface area (Å²) in [5.74, 6) is 5.09. The molecule has 0 atom stereocenters. The van der Waals surface area contributed by atoms with E-state index in [1.807, 2.05) is 13.1 Å². The minimum absolute atomic E-state index is 0.127. The predicted octanol–water partition coefficient (Wildman–Crippen LogP) is 1.31. The van der Waals surface area contributed by atoms with Gasteiger partial charge in [0.2, 0.25) is 0 Å². The minimum Gasteiger partial charge on any atom is -0.304 e. The molecule has 1 fully saturated rings. The van der Waals surface area contributed by atoms with Gasteiger partial charge in [0.15, 0.2) is 0 Å². The van der Waals surface area contributed by atoms with E-state index in [2.05, 4.69) is 17.1 Å². The molecule has 1 aliphatic carbocycles. The highest BCUT2D eigenvalue weighted by atomic mass is 16.6. The molecule has 3 heteroatoms. The zero-order valence-electron chi connectivity index (χ0n) is 7.79. The van der Waals surface area contributed by atoms with Crippen LogP contribution in [-0.4, -0.2) is 11.6 Å². The van der Waals surface area contributed by atoms with Gasteiger partial charge in [-0.1, -0.05) is 6.07 Å². The van der Waals surface area contributed by atoms with Crippen molar-refractivity contribution in [1.29, 1.82) is 0 Å². The second-order valence-corrected chi connectivity index (χ2v) is 3.81. The van der Waals surface area contributed by atoms with E-state index in [9.17, 15) is 0 Å². The summed E-state index contributed by atoms with van der Waals surface area (Å²) in [7, 11) is 0. The molecule has 1 heterocycles. The van der Waals surface area contributed by atoms with Crippen molar-refractivity contribution in [2.24, 2.45) is 5.90 Å². The van der Waals surface area contributed by atoms with E-state index >= 15 is 0 Å². The lowest BCUT2D eigenvalue weighted by Gasteiger charge is -2.12. The number of rotatable bonds is 3. The quantitative estimate of drug-likeness (QED) is 0.710. The summed E-state index contributed by atoms with van der Waals surface area (Å²) < 4.78 is 0. The van der Waals surface area contributed by atoms with Crippen molar-refractivity contribution in [3.8, 4) is 0 Å². The fourth-order valence-electron chi connectivity index (χ4n) is 1.57. The largest absolute Gasteiger partial charge is 0.304 e. The average Bonchev–Trinajstić information content (AvgIpc) is 2.87. The number of hydrogen-bond donors (Lipinski definition) is 1. The number of pyridine rings is 1. The number of nitrogens with zero attached hydrogens (tertiary/aromatic N) is 1. The Balaban J connectivity index is 2.20. The van der Waals surface area contributed by atoms with Crippen molar-refractivity contribution in [1.82, 2.24) is 4.98 Å². The van der Waals surface area contributed by atoms with Crippen LogP contribution in [0.4, 0.5) is 0 Å². The Morgan fingerprint density at radius 1 is 1.54 bits per heavy atom. The van der Waals surface area contributed by atoms with Crippen LogP contribution >= 0.6 is 0 Å². The average molecular weight is 178 g/mol. The molecule has 1 saturated carbocycles. The standard InChI is InChI=1S/C10H14N2O/c1-8-2-3-9(12-6-8)10(4-5-10)7-13-11/h2-3,6H,4-5,7,11H2,1H3. The van der Waals surface area contributed by atoms with E-state index in [0.29, 0.717) is 6.61 Å². The van der Waals surface area contributed by atoms with Crippen LogP contribution in [0.25, 0.3) is 0 Å². The molecule has 0 unspecified atom stereocenters. The number of nitrogens with two attached hydrogens (primary N) is 1. The molecule has 0 aromatic carbocycles. The lowest BCUT2D eigenvalue weighted by Crippen LogP contribution is -2.19. The van der Waals surface area contributed by atoms with E-state index in [-0.39, 0.29) is 5.41 Å². The van der Waals surface area contributed by atoms with Gasteiger partial charge in [0, 0.05) is 17.3 Å². The third-order valence-corrected chi connectivity index (χ3v) is 2.67. The molecule has 1 aromatic rings. The highest BCUT2D eigenvalue weighted by Gasteiger charge is 2.45. The van der Waals surface area contributed by atoms with E-state index in [0.717, 1.165) is 18.5 Å². The minimum atomic E-state index is 0.127.